The van der Waals surface area contributed by atoms with Gasteiger partial charge in [0.25, 0.3) is 0 Å². The van der Waals surface area contributed by atoms with Crippen molar-refractivity contribution in [3.8, 4) is 12.3 Å². The van der Waals surface area contributed by atoms with Crippen molar-refractivity contribution in [3.05, 3.63) is 35.4 Å². The molecule has 1 aliphatic rings. The molecule has 0 saturated heterocycles. The van der Waals surface area contributed by atoms with Crippen molar-refractivity contribution in [3.63, 3.8) is 0 Å². The second-order valence-electron chi connectivity index (χ2n) is 3.93. The van der Waals surface area contributed by atoms with E-state index in [1.54, 1.807) is 0 Å². The lowest BCUT2D eigenvalue weighted by Crippen LogP contribution is -2.37. The average Bonchev–Trinajstić information content (AvgIpc) is 2.73. The lowest BCUT2D eigenvalue weighted by Gasteiger charge is -2.08. The van der Waals surface area contributed by atoms with E-state index in [9.17, 15) is 0 Å². The van der Waals surface area contributed by atoms with Crippen LogP contribution in [-0.4, -0.2) is 18.5 Å². The summed E-state index contributed by atoms with van der Waals surface area (Å²) >= 11 is 0. The zero-order valence-corrected chi connectivity index (χ0v) is 9.33. The molecule has 0 amide bonds. The average molecular weight is 213 g/mol. The zero-order chi connectivity index (χ0) is 11.4. The molecule has 2 rings (SSSR count). The second kappa shape index (κ2) is 4.71. The van der Waals surface area contributed by atoms with Gasteiger partial charge in [-0.3, -0.25) is 4.99 Å². The van der Waals surface area contributed by atoms with E-state index in [0.717, 1.165) is 24.6 Å². The fourth-order valence-electron chi connectivity index (χ4n) is 1.62. The molecule has 3 nitrogen and oxygen atoms in total. The smallest absolute Gasteiger partial charge is 0.191 e. The molecule has 16 heavy (non-hydrogen) atoms. The third-order valence-electron chi connectivity index (χ3n) is 2.46. The van der Waals surface area contributed by atoms with E-state index < -0.39 is 0 Å². The van der Waals surface area contributed by atoms with Gasteiger partial charge in [0.1, 0.15) is 0 Å². The molecule has 1 unspecified atom stereocenters. The maximum atomic E-state index is 5.35. The third-order valence-corrected chi connectivity index (χ3v) is 2.46. The van der Waals surface area contributed by atoms with Gasteiger partial charge in [-0.1, -0.05) is 18.1 Å². The van der Waals surface area contributed by atoms with Crippen LogP contribution in [0.25, 0.3) is 0 Å². The van der Waals surface area contributed by atoms with Gasteiger partial charge in [0.15, 0.2) is 5.96 Å². The molecule has 82 valence electrons. The van der Waals surface area contributed by atoms with Gasteiger partial charge in [-0.2, -0.15) is 0 Å². The van der Waals surface area contributed by atoms with Gasteiger partial charge in [-0.05, 0) is 24.6 Å². The maximum Gasteiger partial charge on any atom is 0.191 e. The predicted octanol–water partition coefficient (Wildman–Crippen LogP) is 1.11. The molecular weight excluding hydrogens is 198 g/mol. The molecular formula is C13H15N3. The van der Waals surface area contributed by atoms with E-state index in [-0.39, 0.29) is 0 Å². The molecule has 1 atom stereocenters. The highest BCUT2D eigenvalue weighted by Crippen LogP contribution is 2.04. The summed E-state index contributed by atoms with van der Waals surface area (Å²) in [7, 11) is 0. The standard InChI is InChI=1S/C13H15N3/c1-3-11-5-4-6-12(7-11)9-15-13-14-8-10(2)16-13/h1,4-7,10H,8-9H2,2H3,(H2,14,15,16). The summed E-state index contributed by atoms with van der Waals surface area (Å²) in [6.07, 6.45) is 5.35. The Kier molecular flexibility index (Phi) is 3.11. The monoisotopic (exact) mass is 213 g/mol. The molecule has 3 heteroatoms. The van der Waals surface area contributed by atoms with Crippen molar-refractivity contribution in [1.29, 1.82) is 0 Å². The Morgan fingerprint density at radius 3 is 3.19 bits per heavy atom. The highest BCUT2D eigenvalue weighted by molar-refractivity contribution is 5.81. The lowest BCUT2D eigenvalue weighted by molar-refractivity contribution is 0.713. The lowest BCUT2D eigenvalue weighted by atomic mass is 10.1. The van der Waals surface area contributed by atoms with Crippen molar-refractivity contribution in [2.45, 2.75) is 19.5 Å². The number of guanidine groups is 1. The first-order valence-corrected chi connectivity index (χ1v) is 5.38. The summed E-state index contributed by atoms with van der Waals surface area (Å²) < 4.78 is 0. The molecule has 0 saturated carbocycles. The van der Waals surface area contributed by atoms with Gasteiger partial charge in [-0.15, -0.1) is 6.42 Å². The summed E-state index contributed by atoms with van der Waals surface area (Å²) in [6, 6.07) is 8.38. The van der Waals surface area contributed by atoms with Crippen LogP contribution in [0.4, 0.5) is 0 Å². The van der Waals surface area contributed by atoms with Crippen LogP contribution in [0.1, 0.15) is 18.1 Å². The number of aliphatic imine (C=N–C) groups is 1. The molecule has 2 N–H and O–H groups in total. The van der Waals surface area contributed by atoms with E-state index in [1.165, 1.54) is 5.56 Å². The van der Waals surface area contributed by atoms with Crippen LogP contribution in [0, 0.1) is 12.3 Å². The molecule has 1 aromatic rings. The van der Waals surface area contributed by atoms with Gasteiger partial charge in [0.05, 0.1) is 6.54 Å². The van der Waals surface area contributed by atoms with E-state index in [0.29, 0.717) is 6.04 Å². The van der Waals surface area contributed by atoms with Crippen molar-refractivity contribution < 1.29 is 0 Å². The van der Waals surface area contributed by atoms with Crippen LogP contribution in [0.15, 0.2) is 29.3 Å². The Bertz CT molecular complexity index is 443. The Hall–Kier alpha value is -1.95. The fourth-order valence-corrected chi connectivity index (χ4v) is 1.62. The molecule has 0 bridgehead atoms. The molecule has 1 aromatic carbocycles. The minimum atomic E-state index is 0.430. The quantitative estimate of drug-likeness (QED) is 0.722. The van der Waals surface area contributed by atoms with Gasteiger partial charge in [0.2, 0.25) is 0 Å². The van der Waals surface area contributed by atoms with Crippen LogP contribution in [0.3, 0.4) is 0 Å². The molecule has 0 aliphatic carbocycles. The first-order chi connectivity index (χ1) is 7.78. The largest absolute Gasteiger partial charge is 0.352 e. The predicted molar refractivity (Wildman–Crippen MR) is 66.1 cm³/mol. The minimum absolute atomic E-state index is 0.430. The topological polar surface area (TPSA) is 36.4 Å². The first-order valence-electron chi connectivity index (χ1n) is 5.38. The van der Waals surface area contributed by atoms with E-state index in [4.69, 9.17) is 6.42 Å². The molecule has 0 fully saturated rings. The number of nitrogens with one attached hydrogen (secondary N) is 2. The molecule has 0 aromatic heterocycles. The Morgan fingerprint density at radius 1 is 1.62 bits per heavy atom. The number of benzene rings is 1. The van der Waals surface area contributed by atoms with Gasteiger partial charge in [0, 0.05) is 18.2 Å². The number of hydrogen-bond acceptors (Lipinski definition) is 3. The summed E-state index contributed by atoms with van der Waals surface area (Å²) in [4.78, 5) is 4.33. The Balaban J connectivity index is 1.92. The highest BCUT2D eigenvalue weighted by Gasteiger charge is 2.11. The summed E-state index contributed by atoms with van der Waals surface area (Å²) in [5, 5.41) is 6.50. The highest BCUT2D eigenvalue weighted by atomic mass is 15.2. The van der Waals surface area contributed by atoms with Crippen molar-refractivity contribution >= 4 is 5.96 Å². The number of nitrogens with zero attached hydrogens (tertiary/aromatic N) is 1. The number of terminal acetylenes is 1. The van der Waals surface area contributed by atoms with Crippen molar-refractivity contribution in [2.24, 2.45) is 4.99 Å². The summed E-state index contributed by atoms with van der Waals surface area (Å²) in [5.41, 5.74) is 2.08. The van der Waals surface area contributed by atoms with E-state index in [1.807, 2.05) is 24.3 Å². The van der Waals surface area contributed by atoms with Crippen LogP contribution in [-0.2, 0) is 6.54 Å². The Morgan fingerprint density at radius 2 is 2.50 bits per heavy atom. The second-order valence-corrected chi connectivity index (χ2v) is 3.93. The molecule has 1 aliphatic heterocycles. The molecule has 0 radical (unpaired) electrons. The van der Waals surface area contributed by atoms with Crippen LogP contribution in [0.5, 0.6) is 0 Å². The number of rotatable bonds is 2. The van der Waals surface area contributed by atoms with Crippen molar-refractivity contribution in [2.75, 3.05) is 6.54 Å². The van der Waals surface area contributed by atoms with Crippen LogP contribution < -0.4 is 10.6 Å². The zero-order valence-electron chi connectivity index (χ0n) is 9.33. The van der Waals surface area contributed by atoms with Gasteiger partial charge in [-0.25, -0.2) is 0 Å². The third kappa shape index (κ3) is 2.54. The van der Waals surface area contributed by atoms with E-state index >= 15 is 0 Å². The van der Waals surface area contributed by atoms with Gasteiger partial charge < -0.3 is 10.6 Å². The molecule has 0 spiro atoms. The summed E-state index contributed by atoms with van der Waals surface area (Å²) in [5.74, 6) is 3.50. The minimum Gasteiger partial charge on any atom is -0.352 e. The summed E-state index contributed by atoms with van der Waals surface area (Å²) in [6.45, 7) is 3.69. The van der Waals surface area contributed by atoms with E-state index in [2.05, 4.69) is 28.5 Å². The van der Waals surface area contributed by atoms with Crippen molar-refractivity contribution in [1.82, 2.24) is 10.6 Å². The molecule has 1 heterocycles. The van der Waals surface area contributed by atoms with Crippen LogP contribution in [0.2, 0.25) is 0 Å². The SMILES string of the molecule is C#Cc1cccc(CNC2=NCC(C)N2)c1. The number of hydrogen-bond donors (Lipinski definition) is 2. The fraction of sp³-hybridized carbons (Fsp3) is 0.308. The maximum absolute atomic E-state index is 5.35. The Labute approximate surface area is 96.0 Å². The van der Waals surface area contributed by atoms with Crippen LogP contribution >= 0.6 is 0 Å². The van der Waals surface area contributed by atoms with Gasteiger partial charge >= 0.3 is 0 Å². The normalized spacial score (nSPS) is 18.5. The first kappa shape index (κ1) is 10.6.